The summed E-state index contributed by atoms with van der Waals surface area (Å²) < 4.78 is 38.7. The van der Waals surface area contributed by atoms with Gasteiger partial charge >= 0.3 is 0 Å². The van der Waals surface area contributed by atoms with Crippen LogP contribution in [0.1, 0.15) is 24.8 Å². The van der Waals surface area contributed by atoms with E-state index in [9.17, 15) is 13.9 Å². The summed E-state index contributed by atoms with van der Waals surface area (Å²) in [5.74, 6) is -1.73. The zero-order chi connectivity index (χ0) is 15.7. The number of benzene rings is 1. The molecule has 2 aliphatic rings. The molecule has 0 aromatic heterocycles. The van der Waals surface area contributed by atoms with Gasteiger partial charge < -0.3 is 20.3 Å². The molecule has 4 nitrogen and oxygen atoms in total. The number of aliphatic hydroxyl groups excluding tert-OH is 1. The van der Waals surface area contributed by atoms with Gasteiger partial charge in [0.15, 0.2) is 0 Å². The number of hydrogen-bond donors (Lipinski definition) is 2. The summed E-state index contributed by atoms with van der Waals surface area (Å²) in [5, 5.41) is 9.72. The summed E-state index contributed by atoms with van der Waals surface area (Å²) in [6.45, 7) is 0.611. The molecule has 0 spiro atoms. The molecule has 122 valence electrons. The fourth-order valence-corrected chi connectivity index (χ4v) is 3.48. The average Bonchev–Trinajstić information content (AvgIpc) is 3.01. The molecule has 2 fully saturated rings. The van der Waals surface area contributed by atoms with E-state index < -0.39 is 17.2 Å². The molecule has 1 aromatic rings. The van der Waals surface area contributed by atoms with Crippen molar-refractivity contribution in [1.82, 2.24) is 0 Å². The summed E-state index contributed by atoms with van der Waals surface area (Å²) in [7, 11) is 0. The second kappa shape index (κ2) is 6.20. The highest BCUT2D eigenvalue weighted by Gasteiger charge is 2.46. The minimum atomic E-state index is -1.17. The molecule has 4 atom stereocenters. The standard InChI is InChI=1S/C16H21F2NO3/c17-11-3-4-12(13(18)7-11)16(19)9-22-15(6-10(16)8-20)14-2-1-5-21-14/h3-4,7,10,14-15,20H,1-2,5-6,8-9,19H2/t10-,14-,15+,16-/m0/s1. The highest BCUT2D eigenvalue weighted by molar-refractivity contribution is 5.28. The minimum Gasteiger partial charge on any atom is -0.396 e. The number of nitrogens with two attached hydrogens (primary N) is 1. The van der Waals surface area contributed by atoms with E-state index in [-0.39, 0.29) is 36.9 Å². The van der Waals surface area contributed by atoms with Gasteiger partial charge in [-0.15, -0.1) is 0 Å². The van der Waals surface area contributed by atoms with Crippen LogP contribution in [0.5, 0.6) is 0 Å². The molecular weight excluding hydrogens is 292 g/mol. The van der Waals surface area contributed by atoms with E-state index in [4.69, 9.17) is 15.2 Å². The SMILES string of the molecule is N[C@@]1(c2ccc(F)cc2F)CO[C@@H]([C@@H]2CCCO2)C[C@H]1CO. The first-order chi connectivity index (χ1) is 10.5. The Balaban J connectivity index is 1.83. The zero-order valence-corrected chi connectivity index (χ0v) is 12.3. The van der Waals surface area contributed by atoms with E-state index in [2.05, 4.69) is 0 Å². The predicted molar refractivity (Wildman–Crippen MR) is 76.1 cm³/mol. The lowest BCUT2D eigenvalue weighted by Crippen LogP contribution is -2.56. The van der Waals surface area contributed by atoms with Crippen LogP contribution < -0.4 is 5.73 Å². The largest absolute Gasteiger partial charge is 0.396 e. The fourth-order valence-electron chi connectivity index (χ4n) is 3.48. The Hall–Kier alpha value is -1.08. The third-order valence-electron chi connectivity index (χ3n) is 4.81. The summed E-state index contributed by atoms with van der Waals surface area (Å²) in [6, 6.07) is 3.32. The molecule has 0 amide bonds. The number of rotatable bonds is 3. The van der Waals surface area contributed by atoms with Crippen LogP contribution in [-0.4, -0.2) is 37.1 Å². The van der Waals surface area contributed by atoms with Crippen molar-refractivity contribution in [3.63, 3.8) is 0 Å². The second-order valence-electron chi connectivity index (χ2n) is 6.18. The lowest BCUT2D eigenvalue weighted by Gasteiger charge is -2.45. The van der Waals surface area contributed by atoms with E-state index in [0.29, 0.717) is 13.0 Å². The predicted octanol–water partition coefficient (Wildman–Crippen LogP) is 1.70. The first kappa shape index (κ1) is 15.8. The average molecular weight is 313 g/mol. The van der Waals surface area contributed by atoms with Crippen LogP contribution in [0.3, 0.4) is 0 Å². The van der Waals surface area contributed by atoms with Crippen molar-refractivity contribution in [3.8, 4) is 0 Å². The molecular formula is C16H21F2NO3. The van der Waals surface area contributed by atoms with Crippen molar-refractivity contribution in [2.24, 2.45) is 11.7 Å². The summed E-state index contributed by atoms with van der Waals surface area (Å²) >= 11 is 0. The summed E-state index contributed by atoms with van der Waals surface area (Å²) in [5.41, 5.74) is 5.37. The van der Waals surface area contributed by atoms with E-state index >= 15 is 0 Å². The molecule has 3 rings (SSSR count). The second-order valence-corrected chi connectivity index (χ2v) is 6.18. The lowest BCUT2D eigenvalue weighted by molar-refractivity contribution is -0.124. The Bertz CT molecular complexity index is 536. The number of aliphatic hydroxyl groups is 1. The number of ether oxygens (including phenoxy) is 2. The molecule has 6 heteroatoms. The van der Waals surface area contributed by atoms with Crippen molar-refractivity contribution in [2.45, 2.75) is 37.0 Å². The fraction of sp³-hybridized carbons (Fsp3) is 0.625. The highest BCUT2D eigenvalue weighted by Crippen LogP contribution is 2.39. The molecule has 0 aliphatic carbocycles. The molecule has 2 aliphatic heterocycles. The van der Waals surface area contributed by atoms with Crippen LogP contribution >= 0.6 is 0 Å². The third kappa shape index (κ3) is 2.76. The van der Waals surface area contributed by atoms with Crippen LogP contribution in [-0.2, 0) is 15.0 Å². The van der Waals surface area contributed by atoms with Crippen molar-refractivity contribution >= 4 is 0 Å². The third-order valence-corrected chi connectivity index (χ3v) is 4.81. The van der Waals surface area contributed by atoms with Crippen molar-refractivity contribution in [1.29, 1.82) is 0 Å². The van der Waals surface area contributed by atoms with Gasteiger partial charge in [-0.3, -0.25) is 0 Å². The molecule has 0 radical (unpaired) electrons. The van der Waals surface area contributed by atoms with Crippen LogP contribution in [0.25, 0.3) is 0 Å². The van der Waals surface area contributed by atoms with Gasteiger partial charge in [0.1, 0.15) is 11.6 Å². The first-order valence-electron chi connectivity index (χ1n) is 7.63. The Kier molecular flexibility index (Phi) is 4.45. The Morgan fingerprint density at radius 3 is 2.73 bits per heavy atom. The van der Waals surface area contributed by atoms with Gasteiger partial charge in [-0.1, -0.05) is 6.07 Å². The topological polar surface area (TPSA) is 64.7 Å². The molecule has 2 heterocycles. The van der Waals surface area contributed by atoms with Crippen molar-refractivity contribution < 1.29 is 23.4 Å². The van der Waals surface area contributed by atoms with Crippen LogP contribution in [0.2, 0.25) is 0 Å². The quantitative estimate of drug-likeness (QED) is 0.891. The van der Waals surface area contributed by atoms with Crippen LogP contribution in [0.15, 0.2) is 18.2 Å². The Labute approximate surface area is 128 Å². The number of halogens is 2. The van der Waals surface area contributed by atoms with Gasteiger partial charge in [-0.05, 0) is 25.3 Å². The Morgan fingerprint density at radius 1 is 1.27 bits per heavy atom. The van der Waals surface area contributed by atoms with E-state index in [1.54, 1.807) is 0 Å². The van der Waals surface area contributed by atoms with E-state index in [1.807, 2.05) is 0 Å². The van der Waals surface area contributed by atoms with Gasteiger partial charge in [0.25, 0.3) is 0 Å². The molecule has 0 saturated carbocycles. The van der Waals surface area contributed by atoms with Gasteiger partial charge in [0.05, 0.1) is 24.4 Å². The minimum absolute atomic E-state index is 0.0108. The molecule has 0 bridgehead atoms. The Morgan fingerprint density at radius 2 is 2.09 bits per heavy atom. The van der Waals surface area contributed by atoms with Crippen LogP contribution in [0, 0.1) is 17.6 Å². The molecule has 0 unspecified atom stereocenters. The molecule has 3 N–H and O–H groups in total. The smallest absolute Gasteiger partial charge is 0.131 e. The zero-order valence-electron chi connectivity index (χ0n) is 12.3. The van der Waals surface area contributed by atoms with Crippen molar-refractivity contribution in [3.05, 3.63) is 35.4 Å². The molecule has 22 heavy (non-hydrogen) atoms. The van der Waals surface area contributed by atoms with Gasteiger partial charge in [-0.2, -0.15) is 0 Å². The van der Waals surface area contributed by atoms with Gasteiger partial charge in [-0.25, -0.2) is 8.78 Å². The normalized spacial score (nSPS) is 35.7. The van der Waals surface area contributed by atoms with E-state index in [0.717, 1.165) is 18.9 Å². The maximum absolute atomic E-state index is 14.1. The van der Waals surface area contributed by atoms with Gasteiger partial charge in [0, 0.05) is 30.8 Å². The highest BCUT2D eigenvalue weighted by atomic mass is 19.1. The summed E-state index contributed by atoms with van der Waals surface area (Å²) in [6.07, 6.45) is 2.28. The maximum Gasteiger partial charge on any atom is 0.131 e. The summed E-state index contributed by atoms with van der Waals surface area (Å²) in [4.78, 5) is 0. The van der Waals surface area contributed by atoms with E-state index in [1.165, 1.54) is 12.1 Å². The number of hydrogen-bond acceptors (Lipinski definition) is 4. The first-order valence-corrected chi connectivity index (χ1v) is 7.63. The van der Waals surface area contributed by atoms with Gasteiger partial charge in [0.2, 0.25) is 0 Å². The monoisotopic (exact) mass is 313 g/mol. The van der Waals surface area contributed by atoms with Crippen LogP contribution in [0.4, 0.5) is 8.78 Å². The lowest BCUT2D eigenvalue weighted by atomic mass is 9.74. The molecule has 1 aromatic carbocycles. The molecule has 2 saturated heterocycles. The van der Waals surface area contributed by atoms with Crippen molar-refractivity contribution in [2.75, 3.05) is 19.8 Å². The maximum atomic E-state index is 14.1.